The fourth-order valence-electron chi connectivity index (χ4n) is 1.46. The first kappa shape index (κ1) is 11.3. The minimum atomic E-state index is -0.858. The zero-order valence-electron chi connectivity index (χ0n) is 8.40. The molecule has 5 heteroatoms. The van der Waals surface area contributed by atoms with Crippen molar-refractivity contribution in [3.05, 3.63) is 35.4 Å². The Morgan fingerprint density at radius 1 is 1.38 bits per heavy atom. The van der Waals surface area contributed by atoms with Crippen molar-refractivity contribution in [3.63, 3.8) is 0 Å². The molecule has 16 heavy (non-hydrogen) atoms. The van der Waals surface area contributed by atoms with Gasteiger partial charge in [-0.25, -0.2) is 8.78 Å². The molecular formula is C11H10ClF2NO. The zero-order chi connectivity index (χ0) is 11.8. The summed E-state index contributed by atoms with van der Waals surface area (Å²) in [7, 11) is 0. The lowest BCUT2D eigenvalue weighted by Gasteiger charge is -2.14. The molecule has 1 aliphatic rings. The zero-order valence-corrected chi connectivity index (χ0v) is 9.15. The van der Waals surface area contributed by atoms with Crippen molar-refractivity contribution in [2.45, 2.75) is 18.4 Å². The highest BCUT2D eigenvalue weighted by Crippen LogP contribution is 2.36. The Balaban J connectivity index is 2.21. The van der Waals surface area contributed by atoms with Crippen LogP contribution in [0.4, 0.5) is 8.78 Å². The molecule has 1 aromatic carbocycles. The lowest BCUT2D eigenvalue weighted by atomic mass is 10.1. The lowest BCUT2D eigenvalue weighted by molar-refractivity contribution is 0.0927. The molecule has 1 N–H and O–H groups in total. The van der Waals surface area contributed by atoms with Crippen LogP contribution < -0.4 is 5.32 Å². The summed E-state index contributed by atoms with van der Waals surface area (Å²) in [6, 6.07) is 3.33. The van der Waals surface area contributed by atoms with E-state index in [9.17, 15) is 13.6 Å². The van der Waals surface area contributed by atoms with Crippen molar-refractivity contribution in [1.29, 1.82) is 0 Å². The van der Waals surface area contributed by atoms with Gasteiger partial charge in [0.15, 0.2) is 0 Å². The van der Waals surface area contributed by atoms with Crippen LogP contribution in [0.15, 0.2) is 18.2 Å². The van der Waals surface area contributed by atoms with Gasteiger partial charge in [0.25, 0.3) is 5.91 Å². The number of rotatable bonds is 3. The topological polar surface area (TPSA) is 29.1 Å². The molecule has 0 atom stereocenters. The molecule has 0 radical (unpaired) electrons. The first-order valence-electron chi connectivity index (χ1n) is 4.90. The second-order valence-corrected chi connectivity index (χ2v) is 4.23. The van der Waals surface area contributed by atoms with Gasteiger partial charge in [-0.1, -0.05) is 6.07 Å². The molecule has 1 fully saturated rings. The van der Waals surface area contributed by atoms with Crippen molar-refractivity contribution in [3.8, 4) is 0 Å². The molecule has 1 saturated carbocycles. The SMILES string of the molecule is O=C(NC1(CCl)CC1)c1c(F)cccc1F. The second-order valence-electron chi connectivity index (χ2n) is 3.96. The van der Waals surface area contributed by atoms with E-state index in [1.807, 2.05) is 0 Å². The number of hydrogen-bond acceptors (Lipinski definition) is 1. The third-order valence-electron chi connectivity index (χ3n) is 2.68. The summed E-state index contributed by atoms with van der Waals surface area (Å²) >= 11 is 5.66. The Hall–Kier alpha value is -1.16. The monoisotopic (exact) mass is 245 g/mol. The molecule has 0 aliphatic heterocycles. The van der Waals surface area contributed by atoms with Crippen LogP contribution >= 0.6 is 11.6 Å². The van der Waals surface area contributed by atoms with Gasteiger partial charge in [0.1, 0.15) is 17.2 Å². The Kier molecular flexibility index (Phi) is 2.84. The summed E-state index contributed by atoms with van der Waals surface area (Å²) in [4.78, 5) is 11.7. The minimum Gasteiger partial charge on any atom is -0.345 e. The van der Waals surface area contributed by atoms with Crippen LogP contribution in [0.25, 0.3) is 0 Å². The summed E-state index contributed by atoms with van der Waals surface area (Å²) in [5.74, 6) is -2.20. The predicted molar refractivity (Wildman–Crippen MR) is 56.5 cm³/mol. The van der Waals surface area contributed by atoms with Crippen LogP contribution in [0.3, 0.4) is 0 Å². The van der Waals surface area contributed by atoms with E-state index in [1.54, 1.807) is 0 Å². The number of hydrogen-bond donors (Lipinski definition) is 1. The van der Waals surface area contributed by atoms with Gasteiger partial charge in [-0.2, -0.15) is 0 Å². The van der Waals surface area contributed by atoms with E-state index in [-0.39, 0.29) is 5.88 Å². The molecule has 86 valence electrons. The third-order valence-corrected chi connectivity index (χ3v) is 3.19. The number of alkyl halides is 1. The van der Waals surface area contributed by atoms with Crippen LogP contribution in [0.1, 0.15) is 23.2 Å². The van der Waals surface area contributed by atoms with Crippen LogP contribution in [0.2, 0.25) is 0 Å². The van der Waals surface area contributed by atoms with Crippen molar-refractivity contribution in [1.82, 2.24) is 5.32 Å². The summed E-state index contributed by atoms with van der Waals surface area (Å²) in [6.07, 6.45) is 1.50. The van der Waals surface area contributed by atoms with Gasteiger partial charge >= 0.3 is 0 Å². The van der Waals surface area contributed by atoms with Gasteiger partial charge in [-0.3, -0.25) is 4.79 Å². The second kappa shape index (κ2) is 4.01. The van der Waals surface area contributed by atoms with Crippen molar-refractivity contribution >= 4 is 17.5 Å². The molecule has 0 unspecified atom stereocenters. The number of carbonyl (C=O) groups is 1. The number of carbonyl (C=O) groups excluding carboxylic acids is 1. The molecule has 0 bridgehead atoms. The van der Waals surface area contributed by atoms with Crippen molar-refractivity contribution in [2.24, 2.45) is 0 Å². The number of nitrogens with one attached hydrogen (secondary N) is 1. The van der Waals surface area contributed by atoms with Gasteiger partial charge in [0.05, 0.1) is 5.54 Å². The Morgan fingerprint density at radius 3 is 2.38 bits per heavy atom. The quantitative estimate of drug-likeness (QED) is 0.815. The molecule has 1 aliphatic carbocycles. The summed E-state index contributed by atoms with van der Waals surface area (Å²) in [5, 5.41) is 2.56. The number of benzene rings is 1. The van der Waals surface area contributed by atoms with E-state index in [2.05, 4.69) is 5.32 Å². The van der Waals surface area contributed by atoms with Gasteiger partial charge in [0.2, 0.25) is 0 Å². The lowest BCUT2D eigenvalue weighted by Crippen LogP contribution is -2.39. The fourth-order valence-corrected chi connectivity index (χ4v) is 1.80. The molecular weight excluding hydrogens is 236 g/mol. The van der Waals surface area contributed by atoms with Gasteiger partial charge < -0.3 is 5.32 Å². The summed E-state index contributed by atoms with van der Waals surface area (Å²) in [6.45, 7) is 0. The maximum Gasteiger partial charge on any atom is 0.257 e. The fraction of sp³-hybridized carbons (Fsp3) is 0.364. The largest absolute Gasteiger partial charge is 0.345 e. The van der Waals surface area contributed by atoms with Gasteiger partial charge in [-0.05, 0) is 25.0 Å². The van der Waals surface area contributed by atoms with Crippen LogP contribution in [-0.2, 0) is 0 Å². The first-order valence-corrected chi connectivity index (χ1v) is 5.44. The smallest absolute Gasteiger partial charge is 0.257 e. The molecule has 0 saturated heterocycles. The maximum absolute atomic E-state index is 13.3. The summed E-state index contributed by atoms with van der Waals surface area (Å²) < 4.78 is 26.5. The third kappa shape index (κ3) is 2.02. The van der Waals surface area contributed by atoms with Crippen LogP contribution in [-0.4, -0.2) is 17.3 Å². The Labute approximate surface area is 96.6 Å². The summed E-state index contributed by atoms with van der Waals surface area (Å²) in [5.41, 5.74) is -1.01. The van der Waals surface area contributed by atoms with E-state index >= 15 is 0 Å². The average molecular weight is 246 g/mol. The molecule has 2 rings (SSSR count). The molecule has 0 spiro atoms. The van der Waals surface area contributed by atoms with E-state index in [0.29, 0.717) is 0 Å². The molecule has 1 aromatic rings. The minimum absolute atomic E-state index is 0.259. The van der Waals surface area contributed by atoms with E-state index in [0.717, 1.165) is 25.0 Å². The van der Waals surface area contributed by atoms with Crippen molar-refractivity contribution < 1.29 is 13.6 Å². The molecule has 0 aromatic heterocycles. The van der Waals surface area contributed by atoms with E-state index in [4.69, 9.17) is 11.6 Å². The van der Waals surface area contributed by atoms with Crippen molar-refractivity contribution in [2.75, 3.05) is 5.88 Å². The standard InChI is InChI=1S/C11H10ClF2NO/c12-6-11(4-5-11)15-10(16)9-7(13)2-1-3-8(9)14/h1-3H,4-6H2,(H,15,16). The Bertz CT molecular complexity index is 412. The molecule has 2 nitrogen and oxygen atoms in total. The highest BCUT2D eigenvalue weighted by atomic mass is 35.5. The van der Waals surface area contributed by atoms with Gasteiger partial charge in [0, 0.05) is 5.88 Å². The van der Waals surface area contributed by atoms with E-state index in [1.165, 1.54) is 6.07 Å². The average Bonchev–Trinajstić information content (AvgIpc) is 2.98. The van der Waals surface area contributed by atoms with E-state index < -0.39 is 28.6 Å². The number of halogens is 3. The molecule has 1 amide bonds. The first-order chi connectivity index (χ1) is 7.58. The normalized spacial score (nSPS) is 16.9. The predicted octanol–water partition coefficient (Wildman–Crippen LogP) is 2.47. The maximum atomic E-state index is 13.3. The number of amides is 1. The molecule has 0 heterocycles. The van der Waals surface area contributed by atoms with Gasteiger partial charge in [-0.15, -0.1) is 11.6 Å². The highest BCUT2D eigenvalue weighted by Gasteiger charge is 2.43. The highest BCUT2D eigenvalue weighted by molar-refractivity contribution is 6.19. The van der Waals surface area contributed by atoms with Crippen LogP contribution in [0, 0.1) is 11.6 Å². The Morgan fingerprint density at radius 2 is 1.94 bits per heavy atom. The van der Waals surface area contributed by atoms with Crippen LogP contribution in [0.5, 0.6) is 0 Å².